The second-order valence-corrected chi connectivity index (χ2v) is 6.76. The van der Waals surface area contributed by atoms with Crippen molar-refractivity contribution in [3.8, 4) is 17.2 Å². The van der Waals surface area contributed by atoms with Gasteiger partial charge in [0.1, 0.15) is 5.75 Å². The van der Waals surface area contributed by atoms with E-state index in [1.165, 1.54) is 25.7 Å². The minimum absolute atomic E-state index is 0.183. The van der Waals surface area contributed by atoms with Crippen molar-refractivity contribution in [2.24, 2.45) is 11.8 Å². The highest BCUT2D eigenvalue weighted by molar-refractivity contribution is 9.10. The van der Waals surface area contributed by atoms with Gasteiger partial charge < -0.3 is 9.63 Å². The number of hydrogen-bond acceptors (Lipinski definition) is 4. The fourth-order valence-electron chi connectivity index (χ4n) is 3.71. The molecule has 2 aliphatic carbocycles. The first-order chi connectivity index (χ1) is 9.70. The van der Waals surface area contributed by atoms with Crippen LogP contribution >= 0.6 is 15.9 Å². The summed E-state index contributed by atoms with van der Waals surface area (Å²) in [5.41, 5.74) is 0.757. The van der Waals surface area contributed by atoms with Crippen molar-refractivity contribution in [3.63, 3.8) is 0 Å². The van der Waals surface area contributed by atoms with Crippen LogP contribution in [0.25, 0.3) is 11.5 Å². The third-order valence-corrected chi connectivity index (χ3v) is 5.38. The molecule has 0 radical (unpaired) electrons. The molecule has 2 saturated carbocycles. The third kappa shape index (κ3) is 1.95. The number of nitrogens with zero attached hydrogens (tertiary/aromatic N) is 2. The lowest BCUT2D eigenvalue weighted by Crippen LogP contribution is -2.09. The van der Waals surface area contributed by atoms with Crippen molar-refractivity contribution in [2.45, 2.75) is 31.6 Å². The van der Waals surface area contributed by atoms with E-state index in [-0.39, 0.29) is 5.75 Å². The molecule has 20 heavy (non-hydrogen) atoms. The van der Waals surface area contributed by atoms with Crippen LogP contribution in [-0.2, 0) is 0 Å². The monoisotopic (exact) mass is 334 g/mol. The topological polar surface area (TPSA) is 59.2 Å². The predicted molar refractivity (Wildman–Crippen MR) is 77.3 cm³/mol. The van der Waals surface area contributed by atoms with Crippen LogP contribution in [0.2, 0.25) is 0 Å². The van der Waals surface area contributed by atoms with Gasteiger partial charge in [0.15, 0.2) is 5.82 Å². The first-order valence-electron chi connectivity index (χ1n) is 7.03. The molecule has 3 unspecified atom stereocenters. The van der Waals surface area contributed by atoms with Crippen molar-refractivity contribution >= 4 is 15.9 Å². The number of phenols is 1. The number of halogens is 1. The van der Waals surface area contributed by atoms with Gasteiger partial charge in [-0.1, -0.05) is 11.6 Å². The van der Waals surface area contributed by atoms with Crippen LogP contribution in [0.3, 0.4) is 0 Å². The maximum Gasteiger partial charge on any atom is 0.258 e. The first kappa shape index (κ1) is 12.4. The van der Waals surface area contributed by atoms with Crippen LogP contribution in [-0.4, -0.2) is 15.2 Å². The zero-order valence-electron chi connectivity index (χ0n) is 10.9. The molecule has 0 aliphatic heterocycles. The van der Waals surface area contributed by atoms with Crippen LogP contribution in [0, 0.1) is 11.8 Å². The van der Waals surface area contributed by atoms with Gasteiger partial charge in [-0.2, -0.15) is 4.98 Å². The minimum atomic E-state index is 0.183. The number of aromatic hydroxyl groups is 1. The van der Waals surface area contributed by atoms with Gasteiger partial charge in [0.25, 0.3) is 5.89 Å². The van der Waals surface area contributed by atoms with Gasteiger partial charge in [-0.15, -0.1) is 0 Å². The number of phenolic OH excluding ortho intramolecular Hbond substituents is 1. The molecule has 0 spiro atoms. The van der Waals surface area contributed by atoms with Gasteiger partial charge in [-0.3, -0.25) is 0 Å². The lowest BCUT2D eigenvalue weighted by molar-refractivity contribution is 0.372. The second kappa shape index (κ2) is 4.58. The zero-order valence-corrected chi connectivity index (χ0v) is 12.5. The summed E-state index contributed by atoms with van der Waals surface area (Å²) >= 11 is 3.27. The molecule has 2 bridgehead atoms. The Morgan fingerprint density at radius 3 is 2.85 bits per heavy atom. The Kier molecular flexibility index (Phi) is 2.84. The van der Waals surface area contributed by atoms with Gasteiger partial charge >= 0.3 is 0 Å². The maximum atomic E-state index is 9.73. The summed E-state index contributed by atoms with van der Waals surface area (Å²) < 4.78 is 6.04. The van der Waals surface area contributed by atoms with E-state index in [1.807, 2.05) is 6.07 Å². The van der Waals surface area contributed by atoms with Gasteiger partial charge in [0, 0.05) is 11.5 Å². The fourth-order valence-corrected chi connectivity index (χ4v) is 3.96. The average molecular weight is 335 g/mol. The lowest BCUT2D eigenvalue weighted by Gasteiger charge is -2.17. The van der Waals surface area contributed by atoms with E-state index in [0.717, 1.165) is 23.2 Å². The van der Waals surface area contributed by atoms with Gasteiger partial charge in [0.2, 0.25) is 0 Å². The van der Waals surface area contributed by atoms with Crippen molar-refractivity contribution in [3.05, 3.63) is 28.5 Å². The minimum Gasteiger partial charge on any atom is -0.507 e. The van der Waals surface area contributed by atoms with Gasteiger partial charge in [-0.05, 0) is 65.2 Å². The molecule has 2 aliphatic rings. The fraction of sp³-hybridized carbons (Fsp3) is 0.467. The normalized spacial score (nSPS) is 28.1. The summed E-state index contributed by atoms with van der Waals surface area (Å²) in [6, 6.07) is 5.29. The van der Waals surface area contributed by atoms with Crippen LogP contribution in [0.1, 0.15) is 37.4 Å². The maximum absolute atomic E-state index is 9.73. The smallest absolute Gasteiger partial charge is 0.258 e. The summed E-state index contributed by atoms with van der Waals surface area (Å²) in [5.74, 6) is 3.59. The first-order valence-corrected chi connectivity index (χ1v) is 7.82. The van der Waals surface area contributed by atoms with E-state index >= 15 is 0 Å². The molecule has 2 aromatic rings. The summed E-state index contributed by atoms with van der Waals surface area (Å²) in [6.07, 6.45) is 5.20. The number of fused-ring (bicyclic) bond motifs is 2. The molecule has 1 aromatic heterocycles. The number of rotatable bonds is 2. The highest BCUT2D eigenvalue weighted by Gasteiger charge is 2.42. The summed E-state index contributed by atoms with van der Waals surface area (Å²) in [4.78, 5) is 4.55. The summed E-state index contributed by atoms with van der Waals surface area (Å²) in [7, 11) is 0. The van der Waals surface area contributed by atoms with Crippen LogP contribution in [0.4, 0.5) is 0 Å². The Balaban J connectivity index is 1.63. The Bertz CT molecular complexity index is 655. The van der Waals surface area contributed by atoms with Gasteiger partial charge in [-0.25, -0.2) is 0 Å². The van der Waals surface area contributed by atoms with Crippen LogP contribution in [0.15, 0.2) is 27.2 Å². The molecular formula is C15H15BrN2O2. The van der Waals surface area contributed by atoms with Crippen molar-refractivity contribution in [2.75, 3.05) is 0 Å². The molecular weight excluding hydrogens is 320 g/mol. The Morgan fingerprint density at radius 1 is 1.25 bits per heavy atom. The Hall–Kier alpha value is -1.36. The molecule has 3 atom stereocenters. The summed E-state index contributed by atoms with van der Waals surface area (Å²) in [5, 5.41) is 13.9. The van der Waals surface area contributed by atoms with E-state index in [0.29, 0.717) is 16.3 Å². The molecule has 1 aromatic carbocycles. The van der Waals surface area contributed by atoms with Gasteiger partial charge in [0.05, 0.1) is 4.47 Å². The standard InChI is InChI=1S/C15H15BrN2O2/c16-12-4-3-10(7-13(12)19)15-17-14(18-20-15)11-6-8-1-2-9(11)5-8/h3-4,7-9,11,19H,1-2,5-6H2. The van der Waals surface area contributed by atoms with E-state index in [2.05, 4.69) is 26.1 Å². The Labute approximate surface area is 125 Å². The molecule has 5 heteroatoms. The van der Waals surface area contributed by atoms with Crippen molar-refractivity contribution in [1.82, 2.24) is 10.1 Å². The summed E-state index contributed by atoms with van der Waals surface area (Å²) in [6.45, 7) is 0. The molecule has 1 heterocycles. The number of aromatic nitrogens is 2. The quantitative estimate of drug-likeness (QED) is 0.897. The van der Waals surface area contributed by atoms with Crippen molar-refractivity contribution in [1.29, 1.82) is 0 Å². The molecule has 2 fully saturated rings. The largest absolute Gasteiger partial charge is 0.507 e. The average Bonchev–Trinajstić information content (AvgIpc) is 3.16. The lowest BCUT2D eigenvalue weighted by atomic mass is 9.88. The van der Waals surface area contributed by atoms with Crippen LogP contribution in [0.5, 0.6) is 5.75 Å². The second-order valence-electron chi connectivity index (χ2n) is 5.91. The Morgan fingerprint density at radius 2 is 2.15 bits per heavy atom. The van der Waals surface area contributed by atoms with Crippen LogP contribution < -0.4 is 0 Å². The zero-order chi connectivity index (χ0) is 13.7. The number of benzene rings is 1. The predicted octanol–water partition coefficient (Wildman–Crippen LogP) is 4.11. The highest BCUT2D eigenvalue weighted by Crippen LogP contribution is 2.52. The van der Waals surface area contributed by atoms with E-state index in [4.69, 9.17) is 4.52 Å². The SMILES string of the molecule is Oc1cc(-c2nc(C3CC4CCC3C4)no2)ccc1Br. The van der Waals surface area contributed by atoms with E-state index in [1.54, 1.807) is 12.1 Å². The molecule has 4 nitrogen and oxygen atoms in total. The molecule has 0 saturated heterocycles. The van der Waals surface area contributed by atoms with E-state index < -0.39 is 0 Å². The molecule has 1 N–H and O–H groups in total. The van der Waals surface area contributed by atoms with E-state index in [9.17, 15) is 5.11 Å². The molecule has 0 amide bonds. The number of hydrogen-bond donors (Lipinski definition) is 1. The van der Waals surface area contributed by atoms with Crippen molar-refractivity contribution < 1.29 is 9.63 Å². The molecule has 4 rings (SSSR count). The molecule has 104 valence electrons. The third-order valence-electron chi connectivity index (χ3n) is 4.70. The highest BCUT2D eigenvalue weighted by atomic mass is 79.9.